The van der Waals surface area contributed by atoms with Crippen LogP contribution in [0, 0.1) is 5.41 Å². The third-order valence-corrected chi connectivity index (χ3v) is 1.84. The summed E-state index contributed by atoms with van der Waals surface area (Å²) in [6.07, 6.45) is 2.78. The molecule has 12 heavy (non-hydrogen) atoms. The second kappa shape index (κ2) is 4.62. The van der Waals surface area contributed by atoms with Crippen LogP contribution in [0.1, 0.15) is 5.56 Å². The zero-order valence-electron chi connectivity index (χ0n) is 5.74. The van der Waals surface area contributed by atoms with Gasteiger partial charge in [0.05, 0.1) is 15.6 Å². The summed E-state index contributed by atoms with van der Waals surface area (Å²) < 4.78 is 0. The summed E-state index contributed by atoms with van der Waals surface area (Å²) in [6.45, 7) is 0. The third-order valence-electron chi connectivity index (χ3n) is 1.07. The zero-order chi connectivity index (χ0) is 8.43. The highest BCUT2D eigenvalue weighted by molar-refractivity contribution is 6.70. The van der Waals surface area contributed by atoms with Crippen molar-refractivity contribution in [3.05, 3.63) is 28.0 Å². The molecule has 0 aliphatic carbocycles. The highest BCUT2D eigenvalue weighted by Gasteiger charge is 2.08. The van der Waals surface area contributed by atoms with Crippen molar-refractivity contribution in [2.45, 2.75) is 0 Å². The fraction of sp³-hybridized carbons (Fsp3) is 0. The lowest BCUT2D eigenvalue weighted by atomic mass is 10.3. The molecule has 6 heteroatoms. The third kappa shape index (κ3) is 2.32. The fourth-order valence-electron chi connectivity index (χ4n) is 0.621. The van der Waals surface area contributed by atoms with E-state index < -0.39 is 0 Å². The highest BCUT2D eigenvalue weighted by Crippen LogP contribution is 2.23. The zero-order valence-corrected chi connectivity index (χ0v) is 8.00. The van der Waals surface area contributed by atoms with Gasteiger partial charge < -0.3 is 5.48 Å². The van der Waals surface area contributed by atoms with Crippen molar-refractivity contribution in [2.24, 2.45) is 0 Å². The predicted octanol–water partition coefficient (Wildman–Crippen LogP) is 2.13. The van der Waals surface area contributed by atoms with Gasteiger partial charge in [0.1, 0.15) is 5.17 Å². The molecule has 0 saturated heterocycles. The van der Waals surface area contributed by atoms with Crippen molar-refractivity contribution in [3.63, 3.8) is 0 Å². The van der Waals surface area contributed by atoms with Crippen molar-refractivity contribution < 1.29 is 5.48 Å². The Balaban J connectivity index is 0.00000121. The maximum atomic E-state index is 7.09. The van der Waals surface area contributed by atoms with E-state index in [9.17, 15) is 0 Å². The Bertz CT molecular complexity index is 283. The van der Waals surface area contributed by atoms with Gasteiger partial charge in [-0.3, -0.25) is 10.4 Å². The number of nitrogens with one attached hydrogen (secondary N) is 1. The summed E-state index contributed by atoms with van der Waals surface area (Å²) in [5, 5.41) is 7.49. The lowest BCUT2D eigenvalue weighted by Gasteiger charge is -2.00. The molecule has 0 radical (unpaired) electrons. The molecule has 1 aromatic heterocycles. The van der Waals surface area contributed by atoms with Gasteiger partial charge in [-0.15, -0.1) is 0 Å². The number of pyridine rings is 1. The molecule has 0 unspecified atom stereocenters. The van der Waals surface area contributed by atoms with Gasteiger partial charge in [0.25, 0.3) is 0 Å². The molecule has 0 atom stereocenters. The molecule has 0 amide bonds. The number of halogens is 3. The van der Waals surface area contributed by atoms with Crippen LogP contribution >= 0.6 is 34.8 Å². The van der Waals surface area contributed by atoms with Gasteiger partial charge in [0.15, 0.2) is 0 Å². The Morgan fingerprint density at radius 1 is 1.25 bits per heavy atom. The molecule has 0 fully saturated rings. The highest BCUT2D eigenvalue weighted by atomic mass is 35.5. The van der Waals surface area contributed by atoms with Crippen LogP contribution in [0.2, 0.25) is 10.0 Å². The van der Waals surface area contributed by atoms with Crippen molar-refractivity contribution in [3.8, 4) is 0 Å². The van der Waals surface area contributed by atoms with E-state index in [4.69, 9.17) is 40.2 Å². The topological polar surface area (TPSA) is 68.2 Å². The van der Waals surface area contributed by atoms with Crippen LogP contribution in [0.4, 0.5) is 0 Å². The van der Waals surface area contributed by atoms with Crippen LogP contribution in [0.25, 0.3) is 0 Å². The van der Waals surface area contributed by atoms with E-state index in [1.807, 2.05) is 0 Å². The van der Waals surface area contributed by atoms with Crippen molar-refractivity contribution in [1.82, 2.24) is 4.98 Å². The molecule has 0 saturated carbocycles. The van der Waals surface area contributed by atoms with Crippen molar-refractivity contribution in [2.75, 3.05) is 0 Å². The van der Waals surface area contributed by atoms with Gasteiger partial charge >= 0.3 is 0 Å². The first-order valence-electron chi connectivity index (χ1n) is 2.66. The summed E-state index contributed by atoms with van der Waals surface area (Å²) in [5.74, 6) is 0. The van der Waals surface area contributed by atoms with E-state index >= 15 is 0 Å². The Kier molecular flexibility index (Phi) is 4.49. The standard InChI is InChI=1S/C6H3Cl3N2.H2O/c7-3-1-11-2-4(8)5(3)6(9)10;/h1-2,10H;1H2. The molecule has 0 spiro atoms. The predicted molar refractivity (Wildman–Crippen MR) is 50.6 cm³/mol. The van der Waals surface area contributed by atoms with Crippen LogP contribution < -0.4 is 0 Å². The fourth-order valence-corrected chi connectivity index (χ4v) is 1.47. The Labute approximate surface area is 84.1 Å². The van der Waals surface area contributed by atoms with E-state index in [1.165, 1.54) is 12.4 Å². The van der Waals surface area contributed by atoms with Crippen LogP contribution in [-0.4, -0.2) is 15.6 Å². The lowest BCUT2D eigenvalue weighted by molar-refractivity contribution is 0.824. The van der Waals surface area contributed by atoms with E-state index in [2.05, 4.69) is 4.98 Å². The molecule has 1 rings (SSSR count). The van der Waals surface area contributed by atoms with Crippen LogP contribution in [0.5, 0.6) is 0 Å². The Morgan fingerprint density at radius 3 is 1.92 bits per heavy atom. The minimum atomic E-state index is -0.178. The second-order valence-electron chi connectivity index (χ2n) is 1.79. The van der Waals surface area contributed by atoms with E-state index in [1.54, 1.807) is 0 Å². The Morgan fingerprint density at radius 2 is 1.67 bits per heavy atom. The average molecular weight is 227 g/mol. The molecule has 0 bridgehead atoms. The molecule has 66 valence electrons. The molecule has 1 aromatic rings. The largest absolute Gasteiger partial charge is 0.412 e. The van der Waals surface area contributed by atoms with Gasteiger partial charge in [-0.2, -0.15) is 0 Å². The van der Waals surface area contributed by atoms with E-state index in [0.717, 1.165) is 0 Å². The summed E-state index contributed by atoms with van der Waals surface area (Å²) >= 11 is 16.7. The molecule has 0 aliphatic heterocycles. The molecule has 1 heterocycles. The first-order chi connectivity index (χ1) is 5.13. The van der Waals surface area contributed by atoms with Gasteiger partial charge in [-0.1, -0.05) is 34.8 Å². The number of hydrogen-bond acceptors (Lipinski definition) is 2. The first kappa shape index (κ1) is 11.6. The van der Waals surface area contributed by atoms with Gasteiger partial charge in [0.2, 0.25) is 0 Å². The normalized spacial score (nSPS) is 8.92. The van der Waals surface area contributed by atoms with Gasteiger partial charge in [0, 0.05) is 12.4 Å². The molecular weight excluding hydrogens is 222 g/mol. The summed E-state index contributed by atoms with van der Waals surface area (Å²) in [5.41, 5.74) is 0.324. The second-order valence-corrected chi connectivity index (χ2v) is 2.98. The minimum absolute atomic E-state index is 0. The monoisotopic (exact) mass is 226 g/mol. The maximum Gasteiger partial charge on any atom is 0.131 e. The SMILES string of the molecule is N=C(Cl)c1c(Cl)cncc1Cl.O. The molecular formula is C6H5Cl3N2O. The number of rotatable bonds is 1. The van der Waals surface area contributed by atoms with Crippen LogP contribution in [0.15, 0.2) is 12.4 Å². The van der Waals surface area contributed by atoms with Gasteiger partial charge in [-0.05, 0) is 0 Å². The smallest absolute Gasteiger partial charge is 0.131 e. The van der Waals surface area contributed by atoms with Gasteiger partial charge in [-0.25, -0.2) is 0 Å². The van der Waals surface area contributed by atoms with E-state index in [-0.39, 0.29) is 20.7 Å². The number of hydrogen-bond donors (Lipinski definition) is 1. The Hall–Kier alpha value is -0.350. The quantitative estimate of drug-likeness (QED) is 0.734. The number of aromatic nitrogens is 1. The summed E-state index contributed by atoms with van der Waals surface area (Å²) in [7, 11) is 0. The summed E-state index contributed by atoms with van der Waals surface area (Å²) in [4.78, 5) is 3.71. The van der Waals surface area contributed by atoms with Crippen molar-refractivity contribution in [1.29, 1.82) is 5.41 Å². The maximum absolute atomic E-state index is 7.09. The molecule has 3 N–H and O–H groups in total. The van der Waals surface area contributed by atoms with Crippen molar-refractivity contribution >= 4 is 40.0 Å². The van der Waals surface area contributed by atoms with Crippen LogP contribution in [-0.2, 0) is 0 Å². The minimum Gasteiger partial charge on any atom is -0.412 e. The van der Waals surface area contributed by atoms with Crippen LogP contribution in [0.3, 0.4) is 0 Å². The molecule has 0 aliphatic rings. The molecule has 3 nitrogen and oxygen atoms in total. The van der Waals surface area contributed by atoms with E-state index in [0.29, 0.717) is 5.56 Å². The first-order valence-corrected chi connectivity index (χ1v) is 3.79. The lowest BCUT2D eigenvalue weighted by Crippen LogP contribution is -1.92. The number of nitrogens with zero attached hydrogens (tertiary/aromatic N) is 1. The summed E-state index contributed by atoms with van der Waals surface area (Å²) in [6, 6.07) is 0. The molecule has 0 aromatic carbocycles. The average Bonchev–Trinajstić information content (AvgIpc) is 1.85.